The fourth-order valence-corrected chi connectivity index (χ4v) is 3.33. The van der Waals surface area contributed by atoms with Gasteiger partial charge in [0.2, 0.25) is 0 Å². The Morgan fingerprint density at radius 1 is 1.05 bits per heavy atom. The van der Waals surface area contributed by atoms with Crippen LogP contribution < -0.4 is 0 Å². The molecule has 1 unspecified atom stereocenters. The van der Waals surface area contributed by atoms with E-state index in [2.05, 4.69) is 27.7 Å². The Morgan fingerprint density at radius 3 is 2.26 bits per heavy atom. The summed E-state index contributed by atoms with van der Waals surface area (Å²) in [5, 5.41) is 0. The summed E-state index contributed by atoms with van der Waals surface area (Å²) in [4.78, 5) is 12.3. The number of carbonyl (C=O) groups excluding carboxylic acids is 1. The summed E-state index contributed by atoms with van der Waals surface area (Å²) >= 11 is 0. The normalized spacial score (nSPS) is 30.6. The van der Waals surface area contributed by atoms with Gasteiger partial charge in [0.15, 0.2) is 5.78 Å². The number of carbonyl (C=O) groups is 1. The molecule has 2 nitrogen and oxygen atoms in total. The van der Waals surface area contributed by atoms with E-state index in [4.69, 9.17) is 4.74 Å². The zero-order valence-corrected chi connectivity index (χ0v) is 12.2. The molecule has 0 bridgehead atoms. The maximum absolute atomic E-state index is 12.3. The van der Waals surface area contributed by atoms with Crippen molar-refractivity contribution in [2.45, 2.75) is 45.8 Å². The molecule has 1 fully saturated rings. The summed E-state index contributed by atoms with van der Waals surface area (Å²) in [6.45, 7) is 10.5. The van der Waals surface area contributed by atoms with Crippen molar-refractivity contribution in [3.8, 4) is 0 Å². The fraction of sp³-hybridized carbons (Fsp3) is 0.471. The van der Waals surface area contributed by atoms with Gasteiger partial charge in [-0.25, -0.2) is 0 Å². The van der Waals surface area contributed by atoms with Crippen LogP contribution in [0.4, 0.5) is 0 Å². The second-order valence-corrected chi connectivity index (χ2v) is 6.68. The predicted molar refractivity (Wildman–Crippen MR) is 75.2 cm³/mol. The second-order valence-electron chi connectivity index (χ2n) is 6.68. The summed E-state index contributed by atoms with van der Waals surface area (Å²) < 4.78 is 6.29. The highest BCUT2D eigenvalue weighted by Crippen LogP contribution is 2.64. The number of fused-ring (bicyclic) bond motifs is 2. The van der Waals surface area contributed by atoms with Gasteiger partial charge < -0.3 is 4.74 Å². The van der Waals surface area contributed by atoms with Crippen LogP contribution in [-0.2, 0) is 10.3 Å². The third kappa shape index (κ3) is 1.28. The molecule has 19 heavy (non-hydrogen) atoms. The molecule has 1 atom stereocenters. The van der Waals surface area contributed by atoms with Gasteiger partial charge in [0.25, 0.3) is 0 Å². The average Bonchev–Trinajstić information content (AvgIpc) is 2.35. The van der Waals surface area contributed by atoms with Crippen LogP contribution in [0.5, 0.6) is 0 Å². The van der Waals surface area contributed by atoms with Crippen LogP contribution in [0.1, 0.15) is 50.5 Å². The summed E-state index contributed by atoms with van der Waals surface area (Å²) in [5.41, 5.74) is 1.85. The molecule has 1 aliphatic carbocycles. The van der Waals surface area contributed by atoms with Crippen LogP contribution in [-0.4, -0.2) is 11.4 Å². The van der Waals surface area contributed by atoms with E-state index in [0.29, 0.717) is 0 Å². The number of hydrogen-bond acceptors (Lipinski definition) is 2. The Hall–Kier alpha value is -1.41. The summed E-state index contributed by atoms with van der Waals surface area (Å²) in [5.74, 6) is 0.116. The maximum atomic E-state index is 12.3. The van der Waals surface area contributed by atoms with Crippen molar-refractivity contribution in [1.29, 1.82) is 0 Å². The van der Waals surface area contributed by atoms with E-state index in [1.807, 2.05) is 37.3 Å². The molecule has 1 spiro atoms. The minimum atomic E-state index is -0.467. The lowest BCUT2D eigenvalue weighted by Gasteiger charge is -2.66. The van der Waals surface area contributed by atoms with Crippen molar-refractivity contribution in [2.24, 2.45) is 5.41 Å². The molecule has 0 amide bonds. The van der Waals surface area contributed by atoms with Crippen LogP contribution in [0, 0.1) is 5.41 Å². The van der Waals surface area contributed by atoms with Crippen molar-refractivity contribution in [3.05, 3.63) is 47.0 Å². The zero-order chi connectivity index (χ0) is 14.1. The first-order valence-electron chi connectivity index (χ1n) is 6.77. The summed E-state index contributed by atoms with van der Waals surface area (Å²) in [6, 6.07) is 7.82. The van der Waals surface area contributed by atoms with E-state index in [1.165, 1.54) is 0 Å². The van der Waals surface area contributed by atoms with E-state index in [1.54, 1.807) is 0 Å². The van der Waals surface area contributed by atoms with E-state index < -0.39 is 5.60 Å². The van der Waals surface area contributed by atoms with Crippen LogP contribution in [0.15, 0.2) is 35.9 Å². The molecule has 2 aliphatic rings. The molecule has 1 aromatic rings. The first-order valence-corrected chi connectivity index (χ1v) is 6.77. The lowest BCUT2D eigenvalue weighted by Crippen LogP contribution is -2.69. The average molecular weight is 256 g/mol. The number of allylic oxidation sites excluding steroid dienone is 1. The monoisotopic (exact) mass is 256 g/mol. The standard InChI is InChI=1S/C17H20O2/c1-11-10-17(15(2,3)16(4,5)19-17)13-9-7-6-8-12(13)14(11)18/h6-10H,1-5H3. The SMILES string of the molecule is CC1=CC2(OC(C)(C)C2(C)C)c2ccccc2C1=O. The highest BCUT2D eigenvalue weighted by atomic mass is 16.6. The molecule has 0 N–H and O–H groups in total. The van der Waals surface area contributed by atoms with Gasteiger partial charge in [-0.1, -0.05) is 38.1 Å². The first kappa shape index (κ1) is 12.6. The number of rotatable bonds is 0. The van der Waals surface area contributed by atoms with Crippen LogP contribution in [0.3, 0.4) is 0 Å². The Morgan fingerprint density at radius 2 is 1.68 bits per heavy atom. The Kier molecular flexibility index (Phi) is 2.24. The van der Waals surface area contributed by atoms with E-state index in [-0.39, 0.29) is 16.8 Å². The molecule has 3 rings (SSSR count). The lowest BCUT2D eigenvalue weighted by atomic mass is 9.54. The Balaban J connectivity index is 2.27. The molecule has 1 heterocycles. The predicted octanol–water partition coefficient (Wildman–Crippen LogP) is 3.86. The molecular weight excluding hydrogens is 236 g/mol. The highest BCUT2D eigenvalue weighted by molar-refractivity contribution is 6.11. The minimum Gasteiger partial charge on any atom is -0.359 e. The van der Waals surface area contributed by atoms with Crippen LogP contribution >= 0.6 is 0 Å². The van der Waals surface area contributed by atoms with Gasteiger partial charge >= 0.3 is 0 Å². The summed E-state index contributed by atoms with van der Waals surface area (Å²) in [7, 11) is 0. The molecule has 0 radical (unpaired) electrons. The van der Waals surface area contributed by atoms with Gasteiger partial charge in [0, 0.05) is 11.0 Å². The van der Waals surface area contributed by atoms with E-state index in [9.17, 15) is 4.79 Å². The van der Waals surface area contributed by atoms with E-state index in [0.717, 1.165) is 16.7 Å². The molecule has 100 valence electrons. The first-order chi connectivity index (χ1) is 8.73. The molecule has 1 aliphatic heterocycles. The van der Waals surface area contributed by atoms with Crippen molar-refractivity contribution in [3.63, 3.8) is 0 Å². The number of ketones is 1. The topological polar surface area (TPSA) is 26.3 Å². The minimum absolute atomic E-state index is 0.0575. The molecule has 1 saturated heterocycles. The molecule has 1 aromatic carbocycles. The smallest absolute Gasteiger partial charge is 0.188 e. The van der Waals surface area contributed by atoms with Gasteiger partial charge in [0.05, 0.1) is 5.60 Å². The van der Waals surface area contributed by atoms with Crippen LogP contribution in [0.2, 0.25) is 0 Å². The molecule has 0 aromatic heterocycles. The van der Waals surface area contributed by atoms with Crippen molar-refractivity contribution < 1.29 is 9.53 Å². The fourth-order valence-electron chi connectivity index (χ4n) is 3.33. The van der Waals surface area contributed by atoms with Crippen molar-refractivity contribution in [1.82, 2.24) is 0 Å². The third-order valence-electron chi connectivity index (χ3n) is 5.20. The van der Waals surface area contributed by atoms with Gasteiger partial charge in [-0.05, 0) is 38.0 Å². The Bertz CT molecular complexity index is 607. The van der Waals surface area contributed by atoms with Gasteiger partial charge in [0.1, 0.15) is 5.60 Å². The largest absolute Gasteiger partial charge is 0.359 e. The molecule has 2 heteroatoms. The lowest BCUT2D eigenvalue weighted by molar-refractivity contribution is -0.342. The van der Waals surface area contributed by atoms with Gasteiger partial charge in [-0.2, -0.15) is 0 Å². The summed E-state index contributed by atoms with van der Waals surface area (Å²) in [6.07, 6.45) is 2.02. The molecule has 0 saturated carbocycles. The highest BCUT2D eigenvalue weighted by Gasteiger charge is 2.67. The number of benzene rings is 1. The quantitative estimate of drug-likeness (QED) is 0.704. The zero-order valence-electron chi connectivity index (χ0n) is 12.2. The second kappa shape index (κ2) is 3.37. The molecular formula is C17H20O2. The van der Waals surface area contributed by atoms with Gasteiger partial charge in [-0.15, -0.1) is 0 Å². The van der Waals surface area contributed by atoms with Crippen LogP contribution in [0.25, 0.3) is 0 Å². The number of ether oxygens (including phenoxy) is 1. The van der Waals surface area contributed by atoms with E-state index >= 15 is 0 Å². The third-order valence-corrected chi connectivity index (χ3v) is 5.20. The number of Topliss-reactive ketones (excluding diaryl/α,β-unsaturated/α-hetero) is 1. The Labute approximate surface area is 114 Å². The van der Waals surface area contributed by atoms with Crippen molar-refractivity contribution in [2.75, 3.05) is 0 Å². The number of hydrogen-bond donors (Lipinski definition) is 0. The van der Waals surface area contributed by atoms with Gasteiger partial charge in [-0.3, -0.25) is 4.79 Å². The maximum Gasteiger partial charge on any atom is 0.188 e. The van der Waals surface area contributed by atoms with Crippen molar-refractivity contribution >= 4 is 5.78 Å².